The number of nitro benzene ring substituents is 1. The number of carbonyl (C=O) groups is 1. The maximum absolute atomic E-state index is 13.0. The Bertz CT molecular complexity index is 408. The molecule has 1 aromatic rings. The summed E-state index contributed by atoms with van der Waals surface area (Å²) < 4.78 is 13.0. The smallest absolute Gasteiger partial charge is 0.330 e. The highest BCUT2D eigenvalue weighted by molar-refractivity contribution is 5.69. The van der Waals surface area contributed by atoms with Gasteiger partial charge in [-0.3, -0.25) is 14.9 Å². The fourth-order valence-electron chi connectivity index (χ4n) is 0.910. The Morgan fingerprint density at radius 3 is 2.80 bits per heavy atom. The molecule has 0 spiro atoms. The van der Waals surface area contributed by atoms with Crippen molar-refractivity contribution < 1.29 is 18.9 Å². The number of nitro groups is 1. The van der Waals surface area contributed by atoms with Crippen LogP contribution in [0.15, 0.2) is 18.2 Å². The van der Waals surface area contributed by atoms with Crippen molar-refractivity contribution in [3.8, 4) is 0 Å². The van der Waals surface area contributed by atoms with Crippen molar-refractivity contribution in [1.29, 1.82) is 0 Å². The molecular weight excluding hydrogens is 207 g/mol. The minimum atomic E-state index is -1.00. The van der Waals surface area contributed by atoms with E-state index in [4.69, 9.17) is 0 Å². The topological polar surface area (TPSA) is 81.5 Å². The Labute approximate surface area is 83.8 Å². The molecule has 0 aliphatic heterocycles. The second-order valence-electron chi connectivity index (χ2n) is 2.59. The van der Waals surface area contributed by atoms with E-state index in [1.807, 2.05) is 5.48 Å². The zero-order valence-corrected chi connectivity index (χ0v) is 7.69. The lowest BCUT2D eigenvalue weighted by molar-refractivity contribution is -0.386. The summed E-state index contributed by atoms with van der Waals surface area (Å²) in [5.41, 5.74) is 1.03. The lowest BCUT2D eigenvalue weighted by Crippen LogP contribution is -2.08. The summed E-state index contributed by atoms with van der Waals surface area (Å²) in [6.45, 7) is 1.11. The largest absolute Gasteiger partial charge is 0.344 e. The number of hydrogen-bond acceptors (Lipinski definition) is 5. The fraction of sp³-hybridized carbons (Fsp3) is 0.125. The van der Waals surface area contributed by atoms with Gasteiger partial charge < -0.3 is 4.84 Å². The van der Waals surface area contributed by atoms with Gasteiger partial charge in [-0.05, 0) is 12.1 Å². The molecule has 1 N–H and O–H groups in total. The van der Waals surface area contributed by atoms with Crippen LogP contribution < -0.4 is 5.48 Å². The molecule has 7 heteroatoms. The second kappa shape index (κ2) is 4.36. The maximum Gasteiger partial charge on any atom is 0.330 e. The van der Waals surface area contributed by atoms with Crippen molar-refractivity contribution >= 4 is 17.3 Å². The van der Waals surface area contributed by atoms with Crippen LogP contribution in [0.3, 0.4) is 0 Å². The van der Waals surface area contributed by atoms with Gasteiger partial charge in [-0.25, -0.2) is 5.48 Å². The van der Waals surface area contributed by atoms with Crippen LogP contribution in [0.2, 0.25) is 0 Å². The number of benzene rings is 1. The van der Waals surface area contributed by atoms with E-state index < -0.39 is 22.4 Å². The molecule has 80 valence electrons. The Morgan fingerprint density at radius 2 is 2.27 bits per heavy atom. The zero-order chi connectivity index (χ0) is 11.4. The molecule has 0 bridgehead atoms. The number of para-hydroxylation sites is 1. The lowest BCUT2D eigenvalue weighted by atomic mass is 10.2. The van der Waals surface area contributed by atoms with Crippen LogP contribution in [-0.4, -0.2) is 10.9 Å². The van der Waals surface area contributed by atoms with Gasteiger partial charge in [0.2, 0.25) is 5.82 Å². The molecule has 15 heavy (non-hydrogen) atoms. The molecule has 0 aliphatic carbocycles. The predicted octanol–water partition coefficient (Wildman–Crippen LogP) is 1.62. The van der Waals surface area contributed by atoms with Crippen LogP contribution in [0.1, 0.15) is 6.92 Å². The first kappa shape index (κ1) is 10.9. The normalized spacial score (nSPS) is 9.47. The molecule has 0 amide bonds. The minimum absolute atomic E-state index is 0.213. The molecule has 0 unspecified atom stereocenters. The van der Waals surface area contributed by atoms with Crippen molar-refractivity contribution in [1.82, 2.24) is 0 Å². The molecule has 0 heterocycles. The Kier molecular flexibility index (Phi) is 3.17. The zero-order valence-electron chi connectivity index (χ0n) is 7.69. The predicted molar refractivity (Wildman–Crippen MR) is 48.4 cm³/mol. The van der Waals surface area contributed by atoms with Crippen molar-refractivity contribution in [3.63, 3.8) is 0 Å². The van der Waals surface area contributed by atoms with Gasteiger partial charge in [0.1, 0.15) is 0 Å². The number of nitrogens with zero attached hydrogens (tertiary/aromatic N) is 1. The molecule has 0 radical (unpaired) electrons. The van der Waals surface area contributed by atoms with Gasteiger partial charge in [-0.2, -0.15) is 4.39 Å². The highest BCUT2D eigenvalue weighted by atomic mass is 19.1. The van der Waals surface area contributed by atoms with Crippen molar-refractivity contribution in [2.24, 2.45) is 0 Å². The van der Waals surface area contributed by atoms with Gasteiger partial charge in [0.15, 0.2) is 5.69 Å². The van der Waals surface area contributed by atoms with Gasteiger partial charge in [0.25, 0.3) is 0 Å². The quantitative estimate of drug-likeness (QED) is 0.610. The molecule has 0 fully saturated rings. The van der Waals surface area contributed by atoms with Crippen molar-refractivity contribution in [3.05, 3.63) is 34.1 Å². The first-order valence-corrected chi connectivity index (χ1v) is 3.88. The third kappa shape index (κ3) is 2.63. The molecule has 1 rings (SSSR count). The molecule has 0 aliphatic rings. The van der Waals surface area contributed by atoms with E-state index in [-0.39, 0.29) is 5.69 Å². The minimum Gasteiger partial charge on any atom is -0.344 e. The summed E-state index contributed by atoms with van der Waals surface area (Å²) in [7, 11) is 0. The van der Waals surface area contributed by atoms with Crippen LogP contribution in [0.5, 0.6) is 0 Å². The first-order chi connectivity index (χ1) is 7.02. The monoisotopic (exact) mass is 214 g/mol. The fourth-order valence-corrected chi connectivity index (χ4v) is 0.910. The summed E-state index contributed by atoms with van der Waals surface area (Å²) in [6, 6.07) is 3.43. The first-order valence-electron chi connectivity index (χ1n) is 3.88. The summed E-state index contributed by atoms with van der Waals surface area (Å²) in [4.78, 5) is 24.3. The number of nitrogens with one attached hydrogen (secondary N) is 1. The number of rotatable bonds is 3. The van der Waals surface area contributed by atoms with Crippen LogP contribution in [-0.2, 0) is 9.63 Å². The summed E-state index contributed by atoms with van der Waals surface area (Å²) >= 11 is 0. The average Bonchev–Trinajstić information content (AvgIpc) is 2.13. The molecule has 0 aromatic heterocycles. The molecular formula is C8H7FN2O4. The number of anilines is 1. The molecule has 0 saturated carbocycles. The Hall–Kier alpha value is -2.18. The summed E-state index contributed by atoms with van der Waals surface area (Å²) in [5.74, 6) is -1.69. The molecule has 1 aromatic carbocycles. The van der Waals surface area contributed by atoms with E-state index in [0.29, 0.717) is 0 Å². The van der Waals surface area contributed by atoms with E-state index >= 15 is 0 Å². The molecule has 6 nitrogen and oxygen atoms in total. The van der Waals surface area contributed by atoms with Gasteiger partial charge >= 0.3 is 11.7 Å². The average molecular weight is 214 g/mol. The van der Waals surface area contributed by atoms with Gasteiger partial charge in [-0.1, -0.05) is 6.07 Å². The Morgan fingerprint density at radius 1 is 1.60 bits per heavy atom. The maximum atomic E-state index is 13.0. The third-order valence-electron chi connectivity index (χ3n) is 1.47. The van der Waals surface area contributed by atoms with E-state index in [0.717, 1.165) is 13.0 Å². The highest BCUT2D eigenvalue weighted by Gasteiger charge is 2.20. The van der Waals surface area contributed by atoms with Crippen molar-refractivity contribution in [2.45, 2.75) is 6.92 Å². The lowest BCUT2D eigenvalue weighted by Gasteiger charge is -2.05. The number of halogens is 1. The van der Waals surface area contributed by atoms with Crippen LogP contribution >= 0.6 is 0 Å². The second-order valence-corrected chi connectivity index (χ2v) is 2.59. The van der Waals surface area contributed by atoms with E-state index in [2.05, 4.69) is 4.84 Å². The number of carbonyl (C=O) groups excluding carboxylic acids is 1. The molecule has 0 atom stereocenters. The van der Waals surface area contributed by atoms with Crippen LogP contribution in [0, 0.1) is 15.9 Å². The van der Waals surface area contributed by atoms with E-state index in [1.54, 1.807) is 0 Å². The third-order valence-corrected chi connectivity index (χ3v) is 1.47. The Balaban J connectivity index is 3.01. The van der Waals surface area contributed by atoms with Gasteiger partial charge in [0.05, 0.1) is 4.92 Å². The SMILES string of the molecule is CC(=O)ONc1cccc(F)c1[N+](=O)[O-]. The van der Waals surface area contributed by atoms with Crippen LogP contribution in [0.25, 0.3) is 0 Å². The van der Waals surface area contributed by atoms with Crippen molar-refractivity contribution in [2.75, 3.05) is 5.48 Å². The van der Waals surface area contributed by atoms with Gasteiger partial charge in [-0.15, -0.1) is 0 Å². The van der Waals surface area contributed by atoms with E-state index in [9.17, 15) is 19.3 Å². The van der Waals surface area contributed by atoms with Gasteiger partial charge in [0, 0.05) is 6.92 Å². The standard InChI is InChI=1S/C8H7FN2O4/c1-5(12)15-10-7-4-2-3-6(9)8(7)11(13)14/h2-4,10H,1H3. The molecule has 0 saturated heterocycles. The van der Waals surface area contributed by atoms with E-state index in [1.165, 1.54) is 12.1 Å². The summed E-state index contributed by atoms with van der Waals surface area (Å²) in [6.07, 6.45) is 0. The number of hydrogen-bond donors (Lipinski definition) is 1. The summed E-state index contributed by atoms with van der Waals surface area (Å²) in [5, 5.41) is 10.5. The highest BCUT2D eigenvalue weighted by Crippen LogP contribution is 2.26. The van der Waals surface area contributed by atoms with Crippen LogP contribution in [0.4, 0.5) is 15.8 Å².